The van der Waals surface area contributed by atoms with E-state index in [1.165, 1.54) is 0 Å². The van der Waals surface area contributed by atoms with Crippen molar-refractivity contribution >= 4 is 33.3 Å². The number of hydrogen-bond acceptors (Lipinski definition) is 3. The number of nitrogens with one attached hydrogen (secondary N) is 2. The van der Waals surface area contributed by atoms with Crippen LogP contribution in [-0.4, -0.2) is 17.6 Å². The summed E-state index contributed by atoms with van der Waals surface area (Å²) in [6, 6.07) is -0.242. The van der Waals surface area contributed by atoms with Gasteiger partial charge in [0.15, 0.2) is 0 Å². The molecular weight excluding hydrogens is 302 g/mol. The van der Waals surface area contributed by atoms with Crippen molar-refractivity contribution in [2.75, 3.05) is 6.54 Å². The maximum atomic E-state index is 11.5. The molecule has 0 spiro atoms. The largest absolute Gasteiger partial charge is 0.334 e. The molecular formula is C11H16BrN3OS. The highest BCUT2D eigenvalue weighted by atomic mass is 79.9. The predicted molar refractivity (Wildman–Crippen MR) is 74.6 cm³/mol. The maximum absolute atomic E-state index is 11.5. The summed E-state index contributed by atoms with van der Waals surface area (Å²) in [7, 11) is 0. The molecule has 0 radical (unpaired) electrons. The normalized spacial score (nSPS) is 12.0. The van der Waals surface area contributed by atoms with Gasteiger partial charge in [-0.1, -0.05) is 22.5 Å². The van der Waals surface area contributed by atoms with Crippen LogP contribution in [0.15, 0.2) is 11.1 Å². The van der Waals surface area contributed by atoms with Gasteiger partial charge in [-0.2, -0.15) is 0 Å². The molecule has 0 fully saturated rings. The van der Waals surface area contributed by atoms with Gasteiger partial charge < -0.3 is 10.6 Å². The zero-order valence-corrected chi connectivity index (χ0v) is 12.5. The summed E-state index contributed by atoms with van der Waals surface area (Å²) in [5.41, 5.74) is 0.977. The van der Waals surface area contributed by atoms with Crippen LogP contribution in [0.3, 0.4) is 0 Å². The predicted octanol–water partition coefficient (Wildman–Crippen LogP) is 3.03. The Bertz CT molecular complexity index is 430. The second-order valence-electron chi connectivity index (χ2n) is 3.75. The molecule has 0 aliphatic heterocycles. The van der Waals surface area contributed by atoms with Crippen molar-refractivity contribution in [2.45, 2.75) is 26.8 Å². The Kier molecular flexibility index (Phi) is 5.14. The van der Waals surface area contributed by atoms with E-state index in [0.29, 0.717) is 6.54 Å². The highest BCUT2D eigenvalue weighted by Gasteiger charge is 2.14. The van der Waals surface area contributed by atoms with Crippen LogP contribution in [0.5, 0.6) is 0 Å². The average molecular weight is 318 g/mol. The first-order chi connectivity index (χ1) is 7.90. The molecule has 2 amide bonds. The van der Waals surface area contributed by atoms with Gasteiger partial charge in [0.25, 0.3) is 0 Å². The lowest BCUT2D eigenvalue weighted by Gasteiger charge is -2.13. The quantitative estimate of drug-likeness (QED) is 0.896. The highest BCUT2D eigenvalue weighted by Crippen LogP contribution is 2.24. The van der Waals surface area contributed by atoms with Gasteiger partial charge in [0, 0.05) is 9.36 Å². The summed E-state index contributed by atoms with van der Waals surface area (Å²) in [4.78, 5) is 17.0. The number of carbonyl (C=O) groups is 1. The van der Waals surface area contributed by atoms with Gasteiger partial charge in [0.2, 0.25) is 0 Å². The first-order valence-electron chi connectivity index (χ1n) is 5.21. The van der Waals surface area contributed by atoms with E-state index in [1.54, 1.807) is 11.3 Å². The Morgan fingerprint density at radius 2 is 2.24 bits per heavy atom. The number of urea groups is 1. The molecule has 94 valence electrons. The fourth-order valence-electron chi connectivity index (χ4n) is 1.44. The third-order valence-electron chi connectivity index (χ3n) is 2.12. The number of nitrogens with zero attached hydrogens (tertiary/aromatic N) is 1. The standard InChI is InChI=1S/C11H16BrN3OS/c1-6(12)5-13-11(16)15-8(3)10-7(2)14-9(4)17-10/h8H,1,5H2,2-4H3,(H2,13,15,16)/t8-/m0/s1. The van der Waals surface area contributed by atoms with Crippen LogP contribution in [0.1, 0.15) is 28.5 Å². The minimum absolute atomic E-state index is 0.0372. The molecule has 0 aliphatic carbocycles. The summed E-state index contributed by atoms with van der Waals surface area (Å²) >= 11 is 4.79. The van der Waals surface area contributed by atoms with Gasteiger partial charge in [0.05, 0.1) is 23.3 Å². The fraction of sp³-hybridized carbons (Fsp3) is 0.455. The van der Waals surface area contributed by atoms with Crippen molar-refractivity contribution in [1.29, 1.82) is 0 Å². The summed E-state index contributed by atoms with van der Waals surface area (Å²) in [5.74, 6) is 0. The van der Waals surface area contributed by atoms with E-state index in [-0.39, 0.29) is 12.1 Å². The Balaban J connectivity index is 2.54. The first kappa shape index (κ1) is 14.2. The molecule has 2 N–H and O–H groups in total. The number of carbonyl (C=O) groups excluding carboxylic acids is 1. The van der Waals surface area contributed by atoms with Crippen LogP contribution >= 0.6 is 27.3 Å². The second-order valence-corrected chi connectivity index (χ2v) is 6.10. The number of aromatic nitrogens is 1. The zero-order chi connectivity index (χ0) is 13.0. The van der Waals surface area contributed by atoms with E-state index < -0.39 is 0 Å². The average Bonchev–Trinajstić information content (AvgIpc) is 2.55. The topological polar surface area (TPSA) is 54.0 Å². The summed E-state index contributed by atoms with van der Waals surface area (Å²) in [6.07, 6.45) is 0. The van der Waals surface area contributed by atoms with Crippen LogP contribution in [0.25, 0.3) is 0 Å². The molecule has 0 unspecified atom stereocenters. The molecule has 4 nitrogen and oxygen atoms in total. The van der Waals surface area contributed by atoms with E-state index in [4.69, 9.17) is 0 Å². The van der Waals surface area contributed by atoms with Crippen molar-refractivity contribution in [3.8, 4) is 0 Å². The van der Waals surface area contributed by atoms with Gasteiger partial charge in [-0.25, -0.2) is 9.78 Å². The molecule has 1 aromatic rings. The van der Waals surface area contributed by atoms with Gasteiger partial charge >= 0.3 is 6.03 Å². The first-order valence-corrected chi connectivity index (χ1v) is 6.82. The molecule has 1 heterocycles. The smallest absolute Gasteiger partial charge is 0.315 e. The number of rotatable bonds is 4. The summed E-state index contributed by atoms with van der Waals surface area (Å²) in [6.45, 7) is 9.93. The Hall–Kier alpha value is -0.880. The summed E-state index contributed by atoms with van der Waals surface area (Å²) < 4.78 is 0.741. The monoisotopic (exact) mass is 317 g/mol. The Morgan fingerprint density at radius 1 is 1.59 bits per heavy atom. The maximum Gasteiger partial charge on any atom is 0.315 e. The lowest BCUT2D eigenvalue weighted by atomic mass is 10.2. The minimum atomic E-state index is -0.205. The molecule has 0 saturated heterocycles. The van der Waals surface area contributed by atoms with E-state index in [0.717, 1.165) is 20.1 Å². The van der Waals surface area contributed by atoms with Crippen molar-refractivity contribution in [2.24, 2.45) is 0 Å². The third-order valence-corrected chi connectivity index (χ3v) is 3.66. The lowest BCUT2D eigenvalue weighted by Crippen LogP contribution is -2.37. The van der Waals surface area contributed by atoms with Crippen LogP contribution in [0, 0.1) is 13.8 Å². The molecule has 1 rings (SSSR count). The number of halogens is 1. The zero-order valence-electron chi connectivity index (χ0n) is 10.1. The van der Waals surface area contributed by atoms with Crippen molar-refractivity contribution in [3.63, 3.8) is 0 Å². The van der Waals surface area contributed by atoms with Crippen LogP contribution in [0.2, 0.25) is 0 Å². The fourth-order valence-corrected chi connectivity index (χ4v) is 2.51. The number of thiazole rings is 1. The Labute approximate surface area is 114 Å². The molecule has 0 saturated carbocycles. The van der Waals surface area contributed by atoms with Crippen molar-refractivity contribution in [3.05, 3.63) is 26.6 Å². The minimum Gasteiger partial charge on any atom is -0.334 e. The number of amides is 2. The van der Waals surface area contributed by atoms with Crippen molar-refractivity contribution in [1.82, 2.24) is 15.6 Å². The van der Waals surface area contributed by atoms with Crippen LogP contribution in [0.4, 0.5) is 4.79 Å². The van der Waals surface area contributed by atoms with Crippen LogP contribution in [-0.2, 0) is 0 Å². The second kappa shape index (κ2) is 6.16. The molecule has 0 aliphatic rings. The van der Waals surface area contributed by atoms with Gasteiger partial charge in [0.1, 0.15) is 0 Å². The molecule has 6 heteroatoms. The van der Waals surface area contributed by atoms with Gasteiger partial charge in [-0.15, -0.1) is 11.3 Å². The molecule has 1 aromatic heterocycles. The van der Waals surface area contributed by atoms with Crippen molar-refractivity contribution < 1.29 is 4.79 Å². The molecule has 17 heavy (non-hydrogen) atoms. The van der Waals surface area contributed by atoms with E-state index >= 15 is 0 Å². The number of aryl methyl sites for hydroxylation is 2. The summed E-state index contributed by atoms with van der Waals surface area (Å²) in [5, 5.41) is 6.58. The van der Waals surface area contributed by atoms with E-state index in [1.807, 2.05) is 20.8 Å². The van der Waals surface area contributed by atoms with E-state index in [2.05, 4.69) is 38.1 Å². The highest BCUT2D eigenvalue weighted by molar-refractivity contribution is 9.11. The van der Waals surface area contributed by atoms with Gasteiger partial charge in [-0.3, -0.25) is 0 Å². The third kappa shape index (κ3) is 4.47. The SMILES string of the molecule is C=C(Br)CNC(=O)N[C@@H](C)c1sc(C)nc1C. The molecule has 1 atom stereocenters. The molecule has 0 aromatic carbocycles. The van der Waals surface area contributed by atoms with Crippen LogP contribution < -0.4 is 10.6 Å². The van der Waals surface area contributed by atoms with Gasteiger partial charge in [-0.05, 0) is 20.8 Å². The number of hydrogen-bond donors (Lipinski definition) is 2. The molecule has 0 bridgehead atoms. The Morgan fingerprint density at radius 3 is 2.71 bits per heavy atom. The lowest BCUT2D eigenvalue weighted by molar-refractivity contribution is 0.239. The van der Waals surface area contributed by atoms with E-state index in [9.17, 15) is 4.79 Å².